The van der Waals surface area contributed by atoms with Crippen LogP contribution in [-0.2, 0) is 4.79 Å². The zero-order valence-electron chi connectivity index (χ0n) is 9.14. The summed E-state index contributed by atoms with van der Waals surface area (Å²) >= 11 is 1.65. The molecule has 1 aromatic rings. The van der Waals surface area contributed by atoms with E-state index in [4.69, 9.17) is 0 Å². The van der Waals surface area contributed by atoms with Crippen LogP contribution in [0.25, 0.3) is 0 Å². The molecule has 84 valence electrons. The van der Waals surface area contributed by atoms with Gasteiger partial charge in [-0.1, -0.05) is 30.3 Å². The molecule has 1 unspecified atom stereocenters. The van der Waals surface area contributed by atoms with Crippen LogP contribution in [0, 0.1) is 0 Å². The van der Waals surface area contributed by atoms with Crippen molar-refractivity contribution in [1.82, 2.24) is 5.32 Å². The van der Waals surface area contributed by atoms with Gasteiger partial charge in [0.05, 0.1) is 5.04 Å². The first-order valence-corrected chi connectivity index (χ1v) is 6.33. The first kappa shape index (κ1) is 11.2. The maximum atomic E-state index is 11.6. The molecule has 2 rings (SSSR count). The number of hydrogen-bond donors (Lipinski definition) is 1. The lowest BCUT2D eigenvalue weighted by molar-refractivity contribution is -0.121. The number of nitrogens with one attached hydrogen (secondary N) is 1. The Morgan fingerprint density at radius 3 is 2.94 bits per heavy atom. The smallest absolute Gasteiger partial charge is 0.245 e. The van der Waals surface area contributed by atoms with Gasteiger partial charge < -0.3 is 5.32 Å². The summed E-state index contributed by atoms with van der Waals surface area (Å²) in [5, 5.41) is 3.77. The highest BCUT2D eigenvalue weighted by Gasteiger charge is 2.24. The quantitative estimate of drug-likeness (QED) is 0.864. The minimum atomic E-state index is -0.222. The second kappa shape index (κ2) is 5.16. The van der Waals surface area contributed by atoms with Gasteiger partial charge in [0.15, 0.2) is 0 Å². The van der Waals surface area contributed by atoms with E-state index in [2.05, 4.69) is 10.3 Å². The number of carbonyl (C=O) groups excluding carboxylic acids is 1. The van der Waals surface area contributed by atoms with E-state index in [1.807, 2.05) is 37.3 Å². The van der Waals surface area contributed by atoms with Crippen LogP contribution in [0.1, 0.15) is 12.5 Å². The van der Waals surface area contributed by atoms with Crippen molar-refractivity contribution < 1.29 is 4.79 Å². The van der Waals surface area contributed by atoms with E-state index < -0.39 is 0 Å². The van der Waals surface area contributed by atoms with Crippen LogP contribution in [0.5, 0.6) is 0 Å². The van der Waals surface area contributed by atoms with E-state index in [0.29, 0.717) is 6.54 Å². The molecule has 1 aliphatic rings. The molecular formula is C12H14N2OS. The summed E-state index contributed by atoms with van der Waals surface area (Å²) in [5.41, 5.74) is 1.10. The summed E-state index contributed by atoms with van der Waals surface area (Å²) in [7, 11) is 0. The zero-order valence-corrected chi connectivity index (χ0v) is 9.96. The minimum Gasteiger partial charge on any atom is -0.354 e. The molecule has 1 aliphatic heterocycles. The molecule has 1 aromatic carbocycles. The van der Waals surface area contributed by atoms with Gasteiger partial charge in [-0.2, -0.15) is 0 Å². The molecule has 0 fully saturated rings. The van der Waals surface area contributed by atoms with E-state index >= 15 is 0 Å². The lowest BCUT2D eigenvalue weighted by Gasteiger charge is -2.04. The molecule has 1 heterocycles. The number of aliphatic imine (C=N–C) groups is 1. The van der Waals surface area contributed by atoms with Crippen molar-refractivity contribution in [3.63, 3.8) is 0 Å². The van der Waals surface area contributed by atoms with Crippen LogP contribution >= 0.6 is 11.8 Å². The van der Waals surface area contributed by atoms with E-state index in [1.165, 1.54) is 0 Å². The van der Waals surface area contributed by atoms with Crippen molar-refractivity contribution in [3.05, 3.63) is 35.9 Å². The molecule has 0 bridgehead atoms. The van der Waals surface area contributed by atoms with E-state index in [0.717, 1.165) is 16.4 Å². The van der Waals surface area contributed by atoms with Gasteiger partial charge in [-0.05, 0) is 6.92 Å². The average Bonchev–Trinajstić information content (AvgIpc) is 2.80. The van der Waals surface area contributed by atoms with Crippen LogP contribution in [0.15, 0.2) is 35.3 Å². The van der Waals surface area contributed by atoms with E-state index in [9.17, 15) is 4.79 Å². The van der Waals surface area contributed by atoms with Gasteiger partial charge in [-0.15, -0.1) is 11.8 Å². The first-order chi connectivity index (χ1) is 7.81. The number of hydrogen-bond acceptors (Lipinski definition) is 3. The van der Waals surface area contributed by atoms with Gasteiger partial charge in [-0.3, -0.25) is 9.79 Å². The fraction of sp³-hybridized carbons (Fsp3) is 0.333. The van der Waals surface area contributed by atoms with E-state index in [-0.39, 0.29) is 11.9 Å². The van der Waals surface area contributed by atoms with Gasteiger partial charge in [0.25, 0.3) is 0 Å². The fourth-order valence-corrected chi connectivity index (χ4v) is 2.59. The molecular weight excluding hydrogens is 220 g/mol. The topological polar surface area (TPSA) is 41.5 Å². The zero-order chi connectivity index (χ0) is 11.4. The standard InChI is InChI=1S/C12H14N2OS/c1-2-13-11(15)10-8-16-12(14-10)9-6-4-3-5-7-9/h3-7,10H,2,8H2,1H3,(H,13,15). The van der Waals surface area contributed by atoms with Crippen molar-refractivity contribution >= 4 is 22.7 Å². The number of nitrogens with zero attached hydrogens (tertiary/aromatic N) is 1. The van der Waals surface area contributed by atoms with Crippen LogP contribution < -0.4 is 5.32 Å². The third-order valence-electron chi connectivity index (χ3n) is 2.33. The largest absolute Gasteiger partial charge is 0.354 e. The minimum absolute atomic E-state index is 0.0286. The number of amides is 1. The SMILES string of the molecule is CCNC(=O)C1CSC(c2ccccc2)=N1. The maximum Gasteiger partial charge on any atom is 0.245 e. The van der Waals surface area contributed by atoms with Crippen molar-refractivity contribution in [2.45, 2.75) is 13.0 Å². The lowest BCUT2D eigenvalue weighted by Crippen LogP contribution is -2.33. The number of benzene rings is 1. The monoisotopic (exact) mass is 234 g/mol. The lowest BCUT2D eigenvalue weighted by atomic mass is 10.2. The number of likely N-dealkylation sites (N-methyl/N-ethyl adjacent to an activating group) is 1. The third kappa shape index (κ3) is 2.44. The Labute approximate surface area is 99.3 Å². The maximum absolute atomic E-state index is 11.6. The molecule has 0 saturated heterocycles. The summed E-state index contributed by atoms with van der Waals surface area (Å²) in [6, 6.07) is 9.76. The summed E-state index contributed by atoms with van der Waals surface area (Å²) < 4.78 is 0. The Morgan fingerprint density at radius 2 is 2.25 bits per heavy atom. The Balaban J connectivity index is 2.09. The Morgan fingerprint density at radius 1 is 1.50 bits per heavy atom. The molecule has 0 spiro atoms. The number of carbonyl (C=O) groups is 1. The third-order valence-corrected chi connectivity index (χ3v) is 3.42. The van der Waals surface area contributed by atoms with Gasteiger partial charge in [-0.25, -0.2) is 0 Å². The fourth-order valence-electron chi connectivity index (χ4n) is 1.54. The molecule has 1 atom stereocenters. The molecule has 0 radical (unpaired) electrons. The van der Waals surface area contributed by atoms with Crippen molar-refractivity contribution in [1.29, 1.82) is 0 Å². The van der Waals surface area contributed by atoms with Gasteiger partial charge in [0.1, 0.15) is 6.04 Å². The number of thioether (sulfide) groups is 1. The molecule has 1 amide bonds. The van der Waals surface area contributed by atoms with Crippen molar-refractivity contribution in [2.75, 3.05) is 12.3 Å². The number of rotatable bonds is 3. The van der Waals surface area contributed by atoms with Crippen molar-refractivity contribution in [3.8, 4) is 0 Å². The predicted molar refractivity (Wildman–Crippen MR) is 67.9 cm³/mol. The average molecular weight is 234 g/mol. The van der Waals surface area contributed by atoms with Crippen LogP contribution in [0.3, 0.4) is 0 Å². The molecule has 3 nitrogen and oxygen atoms in total. The summed E-state index contributed by atoms with van der Waals surface area (Å²) in [6.45, 7) is 2.58. The molecule has 0 aromatic heterocycles. The van der Waals surface area contributed by atoms with Gasteiger partial charge in [0, 0.05) is 17.9 Å². The van der Waals surface area contributed by atoms with E-state index in [1.54, 1.807) is 11.8 Å². The Kier molecular flexibility index (Phi) is 3.62. The predicted octanol–water partition coefficient (Wildman–Crippen LogP) is 1.68. The normalized spacial score (nSPS) is 19.3. The summed E-state index contributed by atoms with van der Waals surface area (Å²) in [5.74, 6) is 0.775. The van der Waals surface area contributed by atoms with Crippen LogP contribution in [0.4, 0.5) is 0 Å². The van der Waals surface area contributed by atoms with Crippen LogP contribution in [0.2, 0.25) is 0 Å². The Hall–Kier alpha value is -1.29. The van der Waals surface area contributed by atoms with Gasteiger partial charge in [0.2, 0.25) is 5.91 Å². The molecule has 4 heteroatoms. The summed E-state index contributed by atoms with van der Waals surface area (Å²) in [6.07, 6.45) is 0. The van der Waals surface area contributed by atoms with Crippen LogP contribution in [-0.4, -0.2) is 29.3 Å². The Bertz CT molecular complexity index is 403. The highest BCUT2D eigenvalue weighted by atomic mass is 32.2. The summed E-state index contributed by atoms with van der Waals surface area (Å²) in [4.78, 5) is 16.0. The molecule has 1 N–H and O–H groups in total. The second-order valence-corrected chi connectivity index (χ2v) is 4.53. The van der Waals surface area contributed by atoms with Gasteiger partial charge >= 0.3 is 0 Å². The highest BCUT2D eigenvalue weighted by Crippen LogP contribution is 2.23. The van der Waals surface area contributed by atoms with Crippen molar-refractivity contribution in [2.24, 2.45) is 4.99 Å². The highest BCUT2D eigenvalue weighted by molar-refractivity contribution is 8.14. The second-order valence-electron chi connectivity index (χ2n) is 3.52. The molecule has 0 saturated carbocycles. The molecule has 16 heavy (non-hydrogen) atoms. The molecule has 0 aliphatic carbocycles. The first-order valence-electron chi connectivity index (χ1n) is 5.35.